The molecule has 0 bridgehead atoms. The van der Waals surface area contributed by atoms with Crippen molar-refractivity contribution in [1.82, 2.24) is 5.32 Å². The summed E-state index contributed by atoms with van der Waals surface area (Å²) in [6.07, 6.45) is 5.75. The third kappa shape index (κ3) is 4.97. The van der Waals surface area contributed by atoms with Gasteiger partial charge in [-0.3, -0.25) is 0 Å². The Kier molecular flexibility index (Phi) is 6.16. The number of ether oxygens (including phenoxy) is 1. The van der Waals surface area contributed by atoms with Crippen LogP contribution in [0.15, 0.2) is 29.3 Å². The number of hydrogen-bond donors (Lipinski definition) is 1. The van der Waals surface area contributed by atoms with E-state index in [1.54, 1.807) is 24.3 Å². The van der Waals surface area contributed by atoms with Crippen LogP contribution >= 0.6 is 0 Å². The van der Waals surface area contributed by atoms with Gasteiger partial charge >= 0.3 is 138 Å². The van der Waals surface area contributed by atoms with Crippen LogP contribution in [0, 0.1) is 0 Å². The fourth-order valence-electron chi connectivity index (χ4n) is 2.47. The molecular weight excluding hydrogens is 347 g/mol. The Hall–Kier alpha value is -1.65. The number of carbonyl (C=O) groups is 2. The molecule has 117 valence electrons. The summed E-state index contributed by atoms with van der Waals surface area (Å²) in [5.74, 6) is -0.553. The van der Waals surface area contributed by atoms with E-state index in [1.165, 1.54) is 26.2 Å². The normalized spacial score (nSPS) is 16.1. The van der Waals surface area contributed by atoms with Gasteiger partial charge in [-0.25, -0.2) is 0 Å². The summed E-state index contributed by atoms with van der Waals surface area (Å²) in [7, 11) is 0. The monoisotopic (exact) mass is 367 g/mol. The van der Waals surface area contributed by atoms with Crippen LogP contribution in [0.5, 0.6) is 5.75 Å². The molecule has 0 atom stereocenters. The van der Waals surface area contributed by atoms with E-state index in [0.717, 1.165) is 12.8 Å². The number of amides is 1. The van der Waals surface area contributed by atoms with Gasteiger partial charge in [0.1, 0.15) is 0 Å². The molecule has 1 aliphatic rings. The van der Waals surface area contributed by atoms with Crippen LogP contribution in [-0.2, 0) is 4.79 Å². The minimum atomic E-state index is -0.459. The van der Waals surface area contributed by atoms with Crippen molar-refractivity contribution < 1.29 is 14.3 Å². The summed E-state index contributed by atoms with van der Waals surface area (Å²) in [4.78, 5) is 27.9. The number of para-hydroxylation sites is 1. The zero-order valence-corrected chi connectivity index (χ0v) is 14.2. The van der Waals surface area contributed by atoms with Crippen LogP contribution in [0.1, 0.15) is 49.4 Å². The van der Waals surface area contributed by atoms with E-state index in [4.69, 9.17) is 4.74 Å². The topological polar surface area (TPSA) is 67.8 Å². The van der Waals surface area contributed by atoms with Crippen molar-refractivity contribution in [3.8, 4) is 5.75 Å². The van der Waals surface area contributed by atoms with Crippen molar-refractivity contribution in [2.75, 3.05) is 0 Å². The second-order valence-corrected chi connectivity index (χ2v) is 6.08. The summed E-state index contributed by atoms with van der Waals surface area (Å²) in [6.45, 7) is 1.30. The zero-order valence-electron chi connectivity index (χ0n) is 12.5. The number of amidine groups is 1. The van der Waals surface area contributed by atoms with E-state index < -0.39 is 5.97 Å². The van der Waals surface area contributed by atoms with Gasteiger partial charge in [0.15, 0.2) is 0 Å². The van der Waals surface area contributed by atoms with E-state index in [1.807, 2.05) is 0 Å². The molecule has 0 aromatic heterocycles. The van der Waals surface area contributed by atoms with E-state index in [-0.39, 0.29) is 17.7 Å². The molecule has 5 nitrogen and oxygen atoms in total. The molecule has 1 aromatic carbocycles. The summed E-state index contributed by atoms with van der Waals surface area (Å²) in [5.41, 5.74) is 0.310. The third-order valence-electron chi connectivity index (χ3n) is 3.48. The quantitative estimate of drug-likeness (QED) is 0.293. The van der Waals surface area contributed by atoms with Crippen molar-refractivity contribution in [3.63, 3.8) is 0 Å². The van der Waals surface area contributed by atoms with Gasteiger partial charge in [-0.15, -0.1) is 0 Å². The number of nitrogens with one attached hydrogen (secondary N) is 1. The van der Waals surface area contributed by atoms with E-state index in [2.05, 4.69) is 26.3 Å². The Balaban J connectivity index is 2.05. The number of nitrogens with zero attached hydrogens (tertiary/aromatic N) is 1. The maximum absolute atomic E-state index is 12.3. The van der Waals surface area contributed by atoms with Crippen LogP contribution in [0.4, 0.5) is 0 Å². The second-order valence-electron chi connectivity index (χ2n) is 5.27. The Morgan fingerprint density at radius 1 is 1.23 bits per heavy atom. The van der Waals surface area contributed by atoms with Crippen LogP contribution in [0.25, 0.3) is 0 Å². The number of hydrogen-bond acceptors (Lipinski definition) is 4. The van der Waals surface area contributed by atoms with Gasteiger partial charge in [-0.2, -0.15) is 0 Å². The minimum absolute atomic E-state index is 0.248. The summed E-state index contributed by atoms with van der Waals surface area (Å²) >= 11 is 2.80. The van der Waals surface area contributed by atoms with Gasteiger partial charge < -0.3 is 0 Å². The fourth-order valence-corrected chi connectivity index (χ4v) is 2.98. The molecule has 1 N–H and O–H groups in total. The molecule has 2 rings (SSSR count). The third-order valence-corrected chi connectivity index (χ3v) is 3.92. The van der Waals surface area contributed by atoms with Crippen molar-refractivity contribution >= 4 is 32.6 Å². The molecule has 1 amide bonds. The Morgan fingerprint density at radius 2 is 1.91 bits per heavy atom. The average molecular weight is 366 g/mol. The molecule has 0 saturated heterocycles. The molecule has 1 aromatic rings. The molecule has 22 heavy (non-hydrogen) atoms. The molecule has 0 aliphatic heterocycles. The predicted octanol–water partition coefficient (Wildman–Crippen LogP) is 2.20. The van der Waals surface area contributed by atoms with Crippen LogP contribution in [0.3, 0.4) is 0 Å². The molecule has 6 heteroatoms. The Labute approximate surface area is 138 Å². The number of carbonyl (C=O) groups excluding carboxylic acids is 2. The van der Waals surface area contributed by atoms with Gasteiger partial charge in [-0.1, -0.05) is 0 Å². The summed E-state index contributed by atoms with van der Waals surface area (Å²) in [6, 6.07) is 6.91. The van der Waals surface area contributed by atoms with Crippen LogP contribution in [-0.4, -0.2) is 38.7 Å². The molecule has 1 fully saturated rings. The molecule has 1 radical (unpaired) electrons. The number of rotatable bonds is 3. The Bertz CT molecular complexity index is 581. The summed E-state index contributed by atoms with van der Waals surface area (Å²) < 4.78 is 5.53. The molecule has 1 aliphatic carbocycles. The van der Waals surface area contributed by atoms with Crippen molar-refractivity contribution in [3.05, 3.63) is 29.8 Å². The number of esters is 1. The first-order valence-electron chi connectivity index (χ1n) is 7.40. The standard InChI is InChI=1S/C16H19N2O3Se/c1-11(19)21-14-10-6-5-9-13(14)15(20)18-16(22)17-12-7-3-2-4-8-12/h5-6,9-10,12H,2-4,7-8H2,1H3,(H,17,18,20). The predicted molar refractivity (Wildman–Crippen MR) is 85.3 cm³/mol. The van der Waals surface area contributed by atoms with E-state index in [0.29, 0.717) is 10.3 Å². The number of benzene rings is 1. The van der Waals surface area contributed by atoms with Gasteiger partial charge in [0.2, 0.25) is 0 Å². The fraction of sp³-hybridized carbons (Fsp3) is 0.438. The van der Waals surface area contributed by atoms with Crippen molar-refractivity contribution in [2.24, 2.45) is 4.99 Å². The van der Waals surface area contributed by atoms with Gasteiger partial charge in [0.05, 0.1) is 0 Å². The van der Waals surface area contributed by atoms with Crippen molar-refractivity contribution in [2.45, 2.75) is 45.1 Å². The maximum atomic E-state index is 12.3. The molecule has 0 unspecified atom stereocenters. The van der Waals surface area contributed by atoms with Crippen molar-refractivity contribution in [1.29, 1.82) is 0 Å². The molecular formula is C16H19N2O3Se. The summed E-state index contributed by atoms with van der Waals surface area (Å²) in [5, 5.41) is 2.72. The van der Waals surface area contributed by atoms with E-state index >= 15 is 0 Å². The SMILES string of the molecule is CC(=O)Oc1ccccc1C(=O)NC([Se])=NC1CCCCC1. The number of aliphatic imine (C=N–C) groups is 1. The van der Waals surface area contributed by atoms with Gasteiger partial charge in [0, 0.05) is 0 Å². The Morgan fingerprint density at radius 3 is 2.59 bits per heavy atom. The molecule has 0 heterocycles. The molecule has 0 spiro atoms. The first kappa shape index (κ1) is 16.7. The second kappa shape index (κ2) is 8.11. The molecule has 1 saturated carbocycles. The average Bonchev–Trinajstić information content (AvgIpc) is 2.48. The van der Waals surface area contributed by atoms with Gasteiger partial charge in [0.25, 0.3) is 0 Å². The van der Waals surface area contributed by atoms with Crippen LogP contribution < -0.4 is 10.1 Å². The van der Waals surface area contributed by atoms with E-state index in [9.17, 15) is 9.59 Å². The zero-order chi connectivity index (χ0) is 15.9. The van der Waals surface area contributed by atoms with Gasteiger partial charge in [-0.05, 0) is 0 Å². The van der Waals surface area contributed by atoms with Crippen LogP contribution in [0.2, 0.25) is 0 Å². The first-order valence-corrected chi connectivity index (χ1v) is 8.25. The first-order chi connectivity index (χ1) is 10.6.